The zero-order valence-electron chi connectivity index (χ0n) is 10.8. The zero-order valence-corrected chi connectivity index (χ0v) is 10.8. The van der Waals surface area contributed by atoms with E-state index in [9.17, 15) is 9.59 Å². The highest BCUT2D eigenvalue weighted by Gasteiger charge is 2.16. The molecular formula is C12H22N2O4. The van der Waals surface area contributed by atoms with Crippen molar-refractivity contribution in [1.29, 1.82) is 0 Å². The number of amides is 2. The van der Waals surface area contributed by atoms with Gasteiger partial charge in [0.25, 0.3) is 0 Å². The molecule has 0 spiro atoms. The first-order valence-corrected chi connectivity index (χ1v) is 6.42. The van der Waals surface area contributed by atoms with E-state index in [1.54, 1.807) is 0 Å². The third-order valence-electron chi connectivity index (χ3n) is 3.02. The Morgan fingerprint density at radius 3 is 2.67 bits per heavy atom. The van der Waals surface area contributed by atoms with E-state index in [1.807, 2.05) is 6.92 Å². The van der Waals surface area contributed by atoms with E-state index in [0.717, 1.165) is 12.8 Å². The lowest BCUT2D eigenvalue weighted by molar-refractivity contribution is -0.137. The maximum Gasteiger partial charge on any atom is 0.315 e. The van der Waals surface area contributed by atoms with E-state index in [2.05, 4.69) is 10.6 Å². The van der Waals surface area contributed by atoms with Crippen molar-refractivity contribution >= 4 is 12.0 Å². The van der Waals surface area contributed by atoms with Gasteiger partial charge in [-0.2, -0.15) is 0 Å². The van der Waals surface area contributed by atoms with Crippen molar-refractivity contribution in [3.63, 3.8) is 0 Å². The number of carbonyl (C=O) groups is 2. The third kappa shape index (κ3) is 6.44. The number of carboxylic acid groups (broad SMARTS) is 1. The number of rotatable bonds is 6. The fraction of sp³-hybridized carbons (Fsp3) is 0.833. The molecule has 104 valence electrons. The summed E-state index contributed by atoms with van der Waals surface area (Å²) in [7, 11) is 0. The van der Waals surface area contributed by atoms with E-state index in [0.29, 0.717) is 26.2 Å². The predicted molar refractivity (Wildman–Crippen MR) is 66.4 cm³/mol. The van der Waals surface area contributed by atoms with E-state index in [1.165, 1.54) is 0 Å². The topological polar surface area (TPSA) is 87.7 Å². The number of carbonyl (C=O) groups excluding carboxylic acids is 1. The molecule has 1 aliphatic heterocycles. The quantitative estimate of drug-likeness (QED) is 0.662. The van der Waals surface area contributed by atoms with E-state index >= 15 is 0 Å². The average molecular weight is 258 g/mol. The molecule has 1 aliphatic rings. The summed E-state index contributed by atoms with van der Waals surface area (Å²) in [6.45, 7) is 3.82. The molecule has 6 heteroatoms. The van der Waals surface area contributed by atoms with Crippen molar-refractivity contribution in [3.8, 4) is 0 Å². The van der Waals surface area contributed by atoms with Gasteiger partial charge in [0.1, 0.15) is 0 Å². The van der Waals surface area contributed by atoms with Crippen molar-refractivity contribution < 1.29 is 19.4 Å². The first-order valence-electron chi connectivity index (χ1n) is 6.42. The Morgan fingerprint density at radius 1 is 1.39 bits per heavy atom. The maximum atomic E-state index is 11.6. The van der Waals surface area contributed by atoms with Crippen molar-refractivity contribution in [1.82, 2.24) is 10.6 Å². The summed E-state index contributed by atoms with van der Waals surface area (Å²) in [5, 5.41) is 14.2. The van der Waals surface area contributed by atoms with Gasteiger partial charge in [0.2, 0.25) is 0 Å². The lowest BCUT2D eigenvalue weighted by atomic mass is 10.1. The second kappa shape index (κ2) is 7.92. The summed E-state index contributed by atoms with van der Waals surface area (Å²) in [4.78, 5) is 22.0. The zero-order chi connectivity index (χ0) is 13.4. The monoisotopic (exact) mass is 258 g/mol. The number of hydrogen-bond donors (Lipinski definition) is 3. The molecule has 1 saturated heterocycles. The highest BCUT2D eigenvalue weighted by molar-refractivity contribution is 5.74. The molecule has 18 heavy (non-hydrogen) atoms. The molecule has 0 bridgehead atoms. The minimum absolute atomic E-state index is 0.143. The third-order valence-corrected chi connectivity index (χ3v) is 3.02. The standard InChI is InChI=1S/C12H22N2O4/c1-9(2-3-11(15)16)8-13-12(17)14-10-4-6-18-7-5-10/h9-10H,2-8H2,1H3,(H,15,16)(H2,13,14,17). The molecule has 6 nitrogen and oxygen atoms in total. The molecule has 1 heterocycles. The van der Waals surface area contributed by atoms with Crippen LogP contribution >= 0.6 is 0 Å². The van der Waals surface area contributed by atoms with Gasteiger partial charge < -0.3 is 20.5 Å². The Hall–Kier alpha value is -1.30. The molecular weight excluding hydrogens is 236 g/mol. The molecule has 2 amide bonds. The molecule has 0 aromatic carbocycles. The van der Waals surface area contributed by atoms with Crippen LogP contribution in [0.15, 0.2) is 0 Å². The number of ether oxygens (including phenoxy) is 1. The highest BCUT2D eigenvalue weighted by Crippen LogP contribution is 2.06. The number of urea groups is 1. The SMILES string of the molecule is CC(CCC(=O)O)CNC(=O)NC1CCOCC1. The van der Waals surface area contributed by atoms with Crippen LogP contribution in [0, 0.1) is 5.92 Å². The smallest absolute Gasteiger partial charge is 0.315 e. The summed E-state index contributed by atoms with van der Waals surface area (Å²) in [5.41, 5.74) is 0. The Balaban J connectivity index is 2.10. The van der Waals surface area contributed by atoms with E-state index < -0.39 is 5.97 Å². The van der Waals surface area contributed by atoms with Gasteiger partial charge in [-0.1, -0.05) is 6.92 Å². The molecule has 1 unspecified atom stereocenters. The first kappa shape index (κ1) is 14.8. The minimum Gasteiger partial charge on any atom is -0.481 e. The van der Waals surface area contributed by atoms with Gasteiger partial charge in [0.05, 0.1) is 0 Å². The van der Waals surface area contributed by atoms with Crippen molar-refractivity contribution in [2.24, 2.45) is 5.92 Å². The van der Waals surface area contributed by atoms with Crippen LogP contribution in [0.25, 0.3) is 0 Å². The maximum absolute atomic E-state index is 11.6. The summed E-state index contributed by atoms with van der Waals surface area (Å²) < 4.78 is 5.21. The molecule has 1 fully saturated rings. The van der Waals surface area contributed by atoms with E-state index in [-0.39, 0.29) is 24.4 Å². The van der Waals surface area contributed by atoms with Crippen molar-refractivity contribution in [2.45, 2.75) is 38.6 Å². The van der Waals surface area contributed by atoms with Gasteiger partial charge in [-0.25, -0.2) is 4.79 Å². The predicted octanol–water partition coefficient (Wildman–Crippen LogP) is 0.965. The second-order valence-corrected chi connectivity index (χ2v) is 4.78. The molecule has 0 aliphatic carbocycles. The Kier molecular flexibility index (Phi) is 6.49. The van der Waals surface area contributed by atoms with Gasteiger partial charge in [0.15, 0.2) is 0 Å². The average Bonchev–Trinajstić information content (AvgIpc) is 2.35. The lowest BCUT2D eigenvalue weighted by Gasteiger charge is -2.23. The largest absolute Gasteiger partial charge is 0.481 e. The summed E-state index contributed by atoms with van der Waals surface area (Å²) in [6, 6.07) is 0.0113. The fourth-order valence-corrected chi connectivity index (χ4v) is 1.82. The van der Waals surface area contributed by atoms with Crippen molar-refractivity contribution in [2.75, 3.05) is 19.8 Å². The van der Waals surface area contributed by atoms with Crippen LogP contribution < -0.4 is 10.6 Å². The number of hydrogen-bond acceptors (Lipinski definition) is 3. The highest BCUT2D eigenvalue weighted by atomic mass is 16.5. The summed E-state index contributed by atoms with van der Waals surface area (Å²) in [6.07, 6.45) is 2.42. The minimum atomic E-state index is -0.798. The van der Waals surface area contributed by atoms with Gasteiger partial charge in [-0.05, 0) is 25.2 Å². The number of aliphatic carboxylic acids is 1. The Bertz CT molecular complexity index is 277. The van der Waals surface area contributed by atoms with Gasteiger partial charge in [-0.3, -0.25) is 4.79 Å². The molecule has 1 atom stereocenters. The van der Waals surface area contributed by atoms with Crippen LogP contribution in [0.2, 0.25) is 0 Å². The Labute approximate surface area is 107 Å². The van der Waals surface area contributed by atoms with Gasteiger partial charge in [-0.15, -0.1) is 0 Å². The molecule has 1 rings (SSSR count). The fourth-order valence-electron chi connectivity index (χ4n) is 1.82. The van der Waals surface area contributed by atoms with Crippen LogP contribution in [0.5, 0.6) is 0 Å². The number of carboxylic acids is 1. The van der Waals surface area contributed by atoms with E-state index in [4.69, 9.17) is 9.84 Å². The molecule has 0 saturated carbocycles. The van der Waals surface area contributed by atoms with Crippen LogP contribution in [-0.2, 0) is 9.53 Å². The molecule has 0 radical (unpaired) electrons. The molecule has 0 aromatic heterocycles. The second-order valence-electron chi connectivity index (χ2n) is 4.78. The van der Waals surface area contributed by atoms with Crippen LogP contribution in [0.4, 0.5) is 4.79 Å². The van der Waals surface area contributed by atoms with Crippen LogP contribution in [-0.4, -0.2) is 42.9 Å². The lowest BCUT2D eigenvalue weighted by Crippen LogP contribution is -2.45. The van der Waals surface area contributed by atoms with Gasteiger partial charge >= 0.3 is 12.0 Å². The summed E-state index contributed by atoms with van der Waals surface area (Å²) >= 11 is 0. The number of nitrogens with one attached hydrogen (secondary N) is 2. The normalized spacial score (nSPS) is 18.1. The Morgan fingerprint density at radius 2 is 2.06 bits per heavy atom. The van der Waals surface area contributed by atoms with Crippen LogP contribution in [0.1, 0.15) is 32.6 Å². The van der Waals surface area contributed by atoms with Crippen molar-refractivity contribution in [3.05, 3.63) is 0 Å². The first-order chi connectivity index (χ1) is 8.58. The molecule has 3 N–H and O–H groups in total. The van der Waals surface area contributed by atoms with Crippen LogP contribution in [0.3, 0.4) is 0 Å². The summed E-state index contributed by atoms with van der Waals surface area (Å²) in [5.74, 6) is -0.630. The molecule has 0 aromatic rings. The van der Waals surface area contributed by atoms with Gasteiger partial charge in [0, 0.05) is 32.2 Å².